The summed E-state index contributed by atoms with van der Waals surface area (Å²) in [6, 6.07) is 12.0. The van der Waals surface area contributed by atoms with Gasteiger partial charge >= 0.3 is 6.03 Å². The Morgan fingerprint density at radius 2 is 2.17 bits per heavy atom. The van der Waals surface area contributed by atoms with Crippen LogP contribution in [-0.2, 0) is 0 Å². The summed E-state index contributed by atoms with van der Waals surface area (Å²) in [7, 11) is 1.83. The van der Waals surface area contributed by atoms with Gasteiger partial charge in [0.2, 0.25) is 5.88 Å². The minimum Gasteiger partial charge on any atom is -0.369 e. The number of urea groups is 1. The average molecular weight is 314 g/mol. The fourth-order valence-corrected chi connectivity index (χ4v) is 2.93. The maximum Gasteiger partial charge on any atom is 0.324 e. The summed E-state index contributed by atoms with van der Waals surface area (Å²) in [6.45, 7) is 3.68. The Bertz CT molecular complexity index is 656. The van der Waals surface area contributed by atoms with Gasteiger partial charge in [-0.3, -0.25) is 5.32 Å². The van der Waals surface area contributed by atoms with E-state index in [1.165, 1.54) is 5.69 Å². The van der Waals surface area contributed by atoms with Crippen LogP contribution in [0.4, 0.5) is 16.4 Å². The largest absolute Gasteiger partial charge is 0.369 e. The fourth-order valence-electron chi connectivity index (χ4n) is 2.93. The minimum absolute atomic E-state index is 0.166. The van der Waals surface area contributed by atoms with E-state index < -0.39 is 0 Å². The second kappa shape index (κ2) is 6.73. The van der Waals surface area contributed by atoms with Gasteiger partial charge in [-0.15, -0.1) is 0 Å². The Labute approximate surface area is 136 Å². The number of nitrogens with one attached hydrogen (secondary N) is 1. The lowest BCUT2D eigenvalue weighted by Gasteiger charge is -2.38. The first-order chi connectivity index (χ1) is 11.1. The zero-order valence-corrected chi connectivity index (χ0v) is 13.5. The van der Waals surface area contributed by atoms with Crippen LogP contribution in [0.2, 0.25) is 0 Å². The molecular weight excluding hydrogens is 292 g/mol. The number of aryl methyl sites for hydroxylation is 1. The molecule has 1 aromatic heterocycles. The predicted octanol–water partition coefficient (Wildman–Crippen LogP) is 3.12. The molecule has 122 valence electrons. The fraction of sp³-hybridized carbons (Fsp3) is 0.412. The number of hydrogen-bond acceptors (Lipinski definition) is 4. The van der Waals surface area contributed by atoms with E-state index in [0.29, 0.717) is 5.88 Å². The van der Waals surface area contributed by atoms with Gasteiger partial charge in [0.25, 0.3) is 0 Å². The summed E-state index contributed by atoms with van der Waals surface area (Å²) in [5.41, 5.74) is 1.95. The number of rotatable bonds is 3. The van der Waals surface area contributed by atoms with E-state index in [-0.39, 0.29) is 12.1 Å². The number of benzene rings is 1. The van der Waals surface area contributed by atoms with Crippen molar-refractivity contribution in [2.45, 2.75) is 25.8 Å². The quantitative estimate of drug-likeness (QED) is 0.945. The summed E-state index contributed by atoms with van der Waals surface area (Å²) in [5, 5.41) is 6.53. The van der Waals surface area contributed by atoms with Crippen molar-refractivity contribution in [3.63, 3.8) is 0 Å². The number of hydrogen-bond donors (Lipinski definition) is 1. The Balaban J connectivity index is 1.62. The summed E-state index contributed by atoms with van der Waals surface area (Å²) < 4.78 is 5.04. The van der Waals surface area contributed by atoms with Crippen molar-refractivity contribution in [1.82, 2.24) is 10.1 Å². The molecule has 0 radical (unpaired) electrons. The summed E-state index contributed by atoms with van der Waals surface area (Å²) in [4.78, 5) is 16.5. The van der Waals surface area contributed by atoms with Gasteiger partial charge in [0.1, 0.15) is 0 Å². The summed E-state index contributed by atoms with van der Waals surface area (Å²) >= 11 is 0. The van der Waals surface area contributed by atoms with Crippen molar-refractivity contribution in [2.24, 2.45) is 0 Å². The lowest BCUT2D eigenvalue weighted by atomic mass is 10.0. The number of carbonyl (C=O) groups is 1. The van der Waals surface area contributed by atoms with Crippen LogP contribution in [0, 0.1) is 6.92 Å². The number of likely N-dealkylation sites (N-methyl/N-ethyl adjacent to an activating group) is 1. The van der Waals surface area contributed by atoms with Crippen LogP contribution in [0.3, 0.4) is 0 Å². The number of amides is 2. The van der Waals surface area contributed by atoms with Gasteiger partial charge in [-0.25, -0.2) is 4.79 Å². The molecule has 1 atom stereocenters. The van der Waals surface area contributed by atoms with Crippen molar-refractivity contribution < 1.29 is 9.32 Å². The normalized spacial score (nSPS) is 17.8. The third-order valence-electron chi connectivity index (χ3n) is 4.24. The molecule has 0 saturated carbocycles. The molecule has 1 aliphatic rings. The van der Waals surface area contributed by atoms with E-state index in [9.17, 15) is 4.79 Å². The first-order valence-electron chi connectivity index (χ1n) is 7.90. The Morgan fingerprint density at radius 1 is 1.39 bits per heavy atom. The number of para-hydroxylation sites is 1. The highest BCUT2D eigenvalue weighted by atomic mass is 16.5. The molecule has 6 heteroatoms. The molecule has 2 heterocycles. The van der Waals surface area contributed by atoms with Gasteiger partial charge in [-0.2, -0.15) is 0 Å². The molecule has 1 saturated heterocycles. The zero-order chi connectivity index (χ0) is 16.2. The zero-order valence-electron chi connectivity index (χ0n) is 13.5. The van der Waals surface area contributed by atoms with Crippen LogP contribution >= 0.6 is 0 Å². The van der Waals surface area contributed by atoms with Crippen LogP contribution in [0.25, 0.3) is 0 Å². The molecule has 2 amide bonds. The van der Waals surface area contributed by atoms with E-state index in [0.717, 1.165) is 31.6 Å². The molecule has 0 bridgehead atoms. The minimum atomic E-state index is -0.166. The molecule has 3 rings (SSSR count). The van der Waals surface area contributed by atoms with Crippen molar-refractivity contribution in [2.75, 3.05) is 30.4 Å². The first kappa shape index (κ1) is 15.4. The number of anilines is 2. The molecule has 0 aliphatic carbocycles. The predicted molar refractivity (Wildman–Crippen MR) is 89.7 cm³/mol. The topological polar surface area (TPSA) is 61.6 Å². The van der Waals surface area contributed by atoms with Gasteiger partial charge in [-0.1, -0.05) is 23.4 Å². The molecule has 2 aromatic rings. The van der Waals surface area contributed by atoms with E-state index in [4.69, 9.17) is 4.52 Å². The first-order valence-corrected chi connectivity index (χ1v) is 7.90. The van der Waals surface area contributed by atoms with Crippen LogP contribution in [-0.4, -0.2) is 42.3 Å². The SMILES string of the molecule is Cc1cc(NC(=O)N(C)[C@@H]2CCCN(c3ccccc3)C2)on1. The van der Waals surface area contributed by atoms with Crippen LogP contribution < -0.4 is 10.2 Å². The van der Waals surface area contributed by atoms with E-state index in [1.54, 1.807) is 11.0 Å². The molecule has 0 spiro atoms. The van der Waals surface area contributed by atoms with Gasteiger partial charge in [0.15, 0.2) is 0 Å². The van der Waals surface area contributed by atoms with Crippen molar-refractivity contribution in [3.8, 4) is 0 Å². The molecule has 1 fully saturated rings. The van der Waals surface area contributed by atoms with Gasteiger partial charge in [0.05, 0.1) is 11.7 Å². The maximum atomic E-state index is 12.4. The molecule has 6 nitrogen and oxygen atoms in total. The molecule has 0 unspecified atom stereocenters. The Kier molecular flexibility index (Phi) is 4.50. The molecular formula is C17H22N4O2. The average Bonchev–Trinajstić information content (AvgIpc) is 3.00. The lowest BCUT2D eigenvalue weighted by Crippen LogP contribution is -2.49. The summed E-state index contributed by atoms with van der Waals surface area (Å²) in [5.74, 6) is 0.384. The van der Waals surface area contributed by atoms with E-state index in [1.807, 2.05) is 32.2 Å². The molecule has 23 heavy (non-hydrogen) atoms. The van der Waals surface area contributed by atoms with Crippen molar-refractivity contribution in [3.05, 3.63) is 42.1 Å². The molecule has 1 N–H and O–H groups in total. The third kappa shape index (κ3) is 3.64. The van der Waals surface area contributed by atoms with Crippen molar-refractivity contribution >= 4 is 17.6 Å². The lowest BCUT2D eigenvalue weighted by molar-refractivity contribution is 0.195. The smallest absolute Gasteiger partial charge is 0.324 e. The Hall–Kier alpha value is -2.50. The number of nitrogens with zero attached hydrogens (tertiary/aromatic N) is 3. The van der Waals surface area contributed by atoms with Crippen LogP contribution in [0.15, 0.2) is 40.9 Å². The maximum absolute atomic E-state index is 12.4. The van der Waals surface area contributed by atoms with Gasteiger partial charge < -0.3 is 14.3 Å². The molecule has 1 aromatic carbocycles. The highest BCUT2D eigenvalue weighted by molar-refractivity contribution is 5.88. The van der Waals surface area contributed by atoms with Gasteiger partial charge in [-0.05, 0) is 31.9 Å². The van der Waals surface area contributed by atoms with E-state index >= 15 is 0 Å². The summed E-state index contributed by atoms with van der Waals surface area (Å²) in [6.07, 6.45) is 2.07. The number of piperidine rings is 1. The highest BCUT2D eigenvalue weighted by Gasteiger charge is 2.26. The second-order valence-electron chi connectivity index (χ2n) is 5.95. The third-order valence-corrected chi connectivity index (χ3v) is 4.24. The highest BCUT2D eigenvalue weighted by Crippen LogP contribution is 2.22. The van der Waals surface area contributed by atoms with Crippen LogP contribution in [0.5, 0.6) is 0 Å². The monoisotopic (exact) mass is 314 g/mol. The number of aromatic nitrogens is 1. The van der Waals surface area contributed by atoms with Crippen LogP contribution in [0.1, 0.15) is 18.5 Å². The van der Waals surface area contributed by atoms with Gasteiger partial charge in [0, 0.05) is 31.9 Å². The van der Waals surface area contributed by atoms with E-state index in [2.05, 4.69) is 27.5 Å². The Morgan fingerprint density at radius 3 is 2.87 bits per heavy atom. The second-order valence-corrected chi connectivity index (χ2v) is 5.95. The standard InChI is InChI=1S/C17H22N4O2/c1-13-11-16(23-19-13)18-17(22)20(2)15-9-6-10-21(12-15)14-7-4-3-5-8-14/h3-5,7-8,11,15H,6,9-10,12H2,1-2H3,(H,18,22)/t15-/m1/s1. The molecule has 1 aliphatic heterocycles. The number of carbonyl (C=O) groups excluding carboxylic acids is 1. The van der Waals surface area contributed by atoms with Crippen molar-refractivity contribution in [1.29, 1.82) is 0 Å².